The third-order valence-corrected chi connectivity index (χ3v) is 2.82. The lowest BCUT2D eigenvalue weighted by atomic mass is 9.85. The largest absolute Gasteiger partial charge is 0.272 e. The van der Waals surface area contributed by atoms with Gasteiger partial charge in [0.2, 0.25) is 0 Å². The van der Waals surface area contributed by atoms with Crippen molar-refractivity contribution in [3.05, 3.63) is 18.0 Å². The van der Waals surface area contributed by atoms with Crippen molar-refractivity contribution in [1.82, 2.24) is 9.78 Å². The molecule has 0 aromatic carbocycles. The van der Waals surface area contributed by atoms with E-state index in [2.05, 4.69) is 5.10 Å². The summed E-state index contributed by atoms with van der Waals surface area (Å²) < 4.78 is 2.02. The molecule has 0 amide bonds. The van der Waals surface area contributed by atoms with Gasteiger partial charge in [0.15, 0.2) is 0 Å². The van der Waals surface area contributed by atoms with Crippen molar-refractivity contribution in [1.29, 1.82) is 0 Å². The van der Waals surface area contributed by atoms with E-state index in [1.165, 1.54) is 19.3 Å². The van der Waals surface area contributed by atoms with E-state index in [1.807, 2.05) is 17.1 Å². The Labute approximate surface area is 77.5 Å². The van der Waals surface area contributed by atoms with Gasteiger partial charge in [0.25, 0.3) is 0 Å². The van der Waals surface area contributed by atoms with Crippen LogP contribution < -0.4 is 0 Å². The molecule has 0 saturated heterocycles. The highest BCUT2D eigenvalue weighted by atomic mass is 35.5. The number of alkyl halides is 1. The Hall–Kier alpha value is -0.500. The van der Waals surface area contributed by atoms with Gasteiger partial charge < -0.3 is 0 Å². The second-order valence-corrected chi connectivity index (χ2v) is 3.77. The molecule has 2 nitrogen and oxygen atoms in total. The van der Waals surface area contributed by atoms with E-state index in [4.69, 9.17) is 11.6 Å². The van der Waals surface area contributed by atoms with Gasteiger partial charge in [0.05, 0.1) is 12.1 Å². The Morgan fingerprint density at radius 3 is 2.92 bits per heavy atom. The van der Waals surface area contributed by atoms with Gasteiger partial charge in [-0.05, 0) is 18.8 Å². The molecule has 1 aliphatic rings. The van der Waals surface area contributed by atoms with Crippen molar-refractivity contribution in [3.8, 4) is 0 Å². The Morgan fingerprint density at radius 2 is 2.42 bits per heavy atom. The zero-order valence-electron chi connectivity index (χ0n) is 7.04. The van der Waals surface area contributed by atoms with Gasteiger partial charge in [-0.3, -0.25) is 4.68 Å². The van der Waals surface area contributed by atoms with Gasteiger partial charge in [0.1, 0.15) is 0 Å². The summed E-state index contributed by atoms with van der Waals surface area (Å²) in [5, 5.41) is 4.24. The van der Waals surface area contributed by atoms with Crippen LogP contribution in [0.25, 0.3) is 0 Å². The fraction of sp³-hybridized carbons (Fsp3) is 0.667. The minimum Gasteiger partial charge on any atom is -0.272 e. The molecule has 0 aliphatic heterocycles. The molecular formula is C9H13ClN2. The first-order valence-corrected chi connectivity index (χ1v) is 4.99. The summed E-state index contributed by atoms with van der Waals surface area (Å²) >= 11 is 5.67. The van der Waals surface area contributed by atoms with Crippen LogP contribution in [0.2, 0.25) is 0 Å². The van der Waals surface area contributed by atoms with E-state index in [0.29, 0.717) is 5.88 Å². The van der Waals surface area contributed by atoms with E-state index in [1.54, 1.807) is 0 Å². The molecule has 0 radical (unpaired) electrons. The molecule has 66 valence electrons. The molecule has 1 aromatic rings. The predicted molar refractivity (Wildman–Crippen MR) is 49.1 cm³/mol. The van der Waals surface area contributed by atoms with E-state index in [9.17, 15) is 0 Å². The monoisotopic (exact) mass is 184 g/mol. The molecule has 1 heterocycles. The van der Waals surface area contributed by atoms with Crippen molar-refractivity contribution in [3.63, 3.8) is 0 Å². The maximum absolute atomic E-state index is 5.67. The molecule has 0 unspecified atom stereocenters. The van der Waals surface area contributed by atoms with Gasteiger partial charge in [-0.2, -0.15) is 5.10 Å². The Bertz CT molecular complexity index is 253. The molecule has 3 heteroatoms. The van der Waals surface area contributed by atoms with Crippen molar-refractivity contribution >= 4 is 11.6 Å². The van der Waals surface area contributed by atoms with Gasteiger partial charge in [-0.15, -0.1) is 11.6 Å². The van der Waals surface area contributed by atoms with E-state index in [0.717, 1.165) is 18.0 Å². The van der Waals surface area contributed by atoms with E-state index in [-0.39, 0.29) is 0 Å². The van der Waals surface area contributed by atoms with Crippen LogP contribution in [-0.2, 0) is 12.4 Å². The van der Waals surface area contributed by atoms with Crippen LogP contribution in [0.4, 0.5) is 0 Å². The van der Waals surface area contributed by atoms with Crippen molar-refractivity contribution < 1.29 is 0 Å². The zero-order valence-corrected chi connectivity index (χ0v) is 7.80. The smallest absolute Gasteiger partial charge is 0.0533 e. The molecule has 2 rings (SSSR count). The average molecular weight is 185 g/mol. The summed E-state index contributed by atoms with van der Waals surface area (Å²) in [7, 11) is 0. The highest BCUT2D eigenvalue weighted by molar-refractivity contribution is 6.17. The first kappa shape index (κ1) is 8.11. The number of hydrogen-bond acceptors (Lipinski definition) is 1. The van der Waals surface area contributed by atoms with E-state index >= 15 is 0 Å². The van der Waals surface area contributed by atoms with Crippen molar-refractivity contribution in [2.24, 2.45) is 5.92 Å². The van der Waals surface area contributed by atoms with E-state index < -0.39 is 0 Å². The van der Waals surface area contributed by atoms with Crippen LogP contribution in [0, 0.1) is 5.92 Å². The molecule has 0 atom stereocenters. The summed E-state index contributed by atoms with van der Waals surface area (Å²) in [5.41, 5.74) is 1.12. The highest BCUT2D eigenvalue weighted by Crippen LogP contribution is 2.27. The fourth-order valence-corrected chi connectivity index (χ4v) is 1.65. The quantitative estimate of drug-likeness (QED) is 0.660. The molecule has 1 aliphatic carbocycles. The standard InChI is InChI=1S/C9H13ClN2/c10-4-9-5-11-12(7-9)6-8-2-1-3-8/h5,7-8H,1-4,6H2. The van der Waals surface area contributed by atoms with Crippen LogP contribution in [-0.4, -0.2) is 9.78 Å². The summed E-state index contributed by atoms with van der Waals surface area (Å²) in [4.78, 5) is 0. The lowest BCUT2D eigenvalue weighted by Gasteiger charge is -2.24. The maximum atomic E-state index is 5.67. The molecule has 0 spiro atoms. The van der Waals surface area contributed by atoms with Gasteiger partial charge in [-0.25, -0.2) is 0 Å². The minimum atomic E-state index is 0.574. The number of nitrogens with zero attached hydrogens (tertiary/aromatic N) is 2. The van der Waals surface area contributed by atoms with Crippen molar-refractivity contribution in [2.75, 3.05) is 0 Å². The lowest BCUT2D eigenvalue weighted by molar-refractivity contribution is 0.266. The van der Waals surface area contributed by atoms with Gasteiger partial charge in [0, 0.05) is 18.3 Å². The third-order valence-electron chi connectivity index (χ3n) is 2.51. The predicted octanol–water partition coefficient (Wildman–Crippen LogP) is 2.42. The van der Waals surface area contributed by atoms with Crippen LogP contribution in [0.1, 0.15) is 24.8 Å². The molecule has 1 saturated carbocycles. The normalized spacial score (nSPS) is 17.8. The van der Waals surface area contributed by atoms with Crippen LogP contribution in [0.3, 0.4) is 0 Å². The number of rotatable bonds is 3. The SMILES string of the molecule is ClCc1cnn(CC2CCC2)c1. The minimum absolute atomic E-state index is 0.574. The highest BCUT2D eigenvalue weighted by Gasteiger charge is 2.17. The Morgan fingerprint density at radius 1 is 1.58 bits per heavy atom. The van der Waals surface area contributed by atoms with Crippen LogP contribution in [0.15, 0.2) is 12.4 Å². The molecule has 0 bridgehead atoms. The first-order valence-electron chi connectivity index (χ1n) is 4.46. The summed E-state index contributed by atoms with van der Waals surface area (Å²) in [5.74, 6) is 1.44. The second kappa shape index (κ2) is 3.48. The lowest BCUT2D eigenvalue weighted by Crippen LogP contribution is -2.18. The van der Waals surface area contributed by atoms with Crippen LogP contribution >= 0.6 is 11.6 Å². The van der Waals surface area contributed by atoms with Crippen LogP contribution in [0.5, 0.6) is 0 Å². The zero-order chi connectivity index (χ0) is 8.39. The fourth-order valence-electron chi connectivity index (χ4n) is 1.52. The second-order valence-electron chi connectivity index (χ2n) is 3.50. The Balaban J connectivity index is 1.93. The number of halogens is 1. The molecular weight excluding hydrogens is 172 g/mol. The number of aromatic nitrogens is 2. The average Bonchev–Trinajstić information content (AvgIpc) is 2.44. The molecule has 12 heavy (non-hydrogen) atoms. The molecule has 1 aromatic heterocycles. The molecule has 0 N–H and O–H groups in total. The first-order chi connectivity index (χ1) is 5.88. The number of hydrogen-bond donors (Lipinski definition) is 0. The van der Waals surface area contributed by atoms with Gasteiger partial charge in [-0.1, -0.05) is 6.42 Å². The maximum Gasteiger partial charge on any atom is 0.0533 e. The summed E-state index contributed by atoms with van der Waals surface area (Å²) in [6.45, 7) is 1.08. The summed E-state index contributed by atoms with van der Waals surface area (Å²) in [6, 6.07) is 0. The van der Waals surface area contributed by atoms with Crippen molar-refractivity contribution in [2.45, 2.75) is 31.7 Å². The third kappa shape index (κ3) is 1.63. The van der Waals surface area contributed by atoms with Gasteiger partial charge >= 0.3 is 0 Å². The molecule has 1 fully saturated rings. The topological polar surface area (TPSA) is 17.8 Å². The summed E-state index contributed by atoms with van der Waals surface area (Å²) in [6.07, 6.45) is 8.04. The Kier molecular flexibility index (Phi) is 2.35.